The lowest BCUT2D eigenvalue weighted by Crippen LogP contribution is -2.36. The van der Waals surface area contributed by atoms with Crippen molar-refractivity contribution in [2.75, 3.05) is 13.1 Å². The van der Waals surface area contributed by atoms with Crippen LogP contribution in [0, 0.1) is 0 Å². The second kappa shape index (κ2) is 7.90. The van der Waals surface area contributed by atoms with Crippen molar-refractivity contribution < 1.29 is 9.53 Å². The number of ether oxygens (including phenoxy) is 1. The van der Waals surface area contributed by atoms with Crippen molar-refractivity contribution in [2.24, 2.45) is 0 Å². The second-order valence-electron chi connectivity index (χ2n) is 5.22. The lowest BCUT2D eigenvalue weighted by molar-refractivity contribution is -0.127. The number of nitrogens with one attached hydrogen (secondary N) is 2. The number of carbonyl (C=O) groups is 1. The van der Waals surface area contributed by atoms with Crippen LogP contribution in [0.4, 0.5) is 0 Å². The Morgan fingerprint density at radius 1 is 1.40 bits per heavy atom. The molecule has 2 rings (SSSR count). The van der Waals surface area contributed by atoms with Crippen molar-refractivity contribution in [1.29, 1.82) is 0 Å². The monoisotopic (exact) mass is 276 g/mol. The van der Waals surface area contributed by atoms with Gasteiger partial charge in [-0.1, -0.05) is 19.1 Å². The summed E-state index contributed by atoms with van der Waals surface area (Å²) in [6.45, 7) is 4.76. The summed E-state index contributed by atoms with van der Waals surface area (Å²) >= 11 is 0. The molecule has 0 radical (unpaired) electrons. The van der Waals surface area contributed by atoms with E-state index in [1.54, 1.807) is 0 Å². The molecule has 0 aliphatic carbocycles. The highest BCUT2D eigenvalue weighted by atomic mass is 16.5. The van der Waals surface area contributed by atoms with E-state index in [9.17, 15) is 4.79 Å². The van der Waals surface area contributed by atoms with E-state index in [4.69, 9.17) is 4.74 Å². The lowest BCUT2D eigenvalue weighted by atomic mass is 10.1. The van der Waals surface area contributed by atoms with Gasteiger partial charge in [-0.3, -0.25) is 4.79 Å². The molecule has 1 amide bonds. The van der Waals surface area contributed by atoms with Gasteiger partial charge in [-0.25, -0.2) is 0 Å². The molecule has 0 aromatic heterocycles. The fourth-order valence-corrected chi connectivity index (χ4v) is 2.33. The Morgan fingerprint density at radius 3 is 3.15 bits per heavy atom. The van der Waals surface area contributed by atoms with E-state index in [1.807, 2.05) is 18.2 Å². The van der Waals surface area contributed by atoms with Crippen LogP contribution in [-0.2, 0) is 11.3 Å². The normalized spacial score (nSPS) is 19.2. The molecule has 1 heterocycles. The Balaban J connectivity index is 1.94. The first-order chi connectivity index (χ1) is 9.79. The van der Waals surface area contributed by atoms with Gasteiger partial charge in [0.05, 0.1) is 0 Å². The molecule has 1 unspecified atom stereocenters. The smallest absolute Gasteiger partial charge is 0.261 e. The molecule has 1 atom stereocenters. The summed E-state index contributed by atoms with van der Waals surface area (Å²) in [5.74, 6) is 0.792. The Kier molecular flexibility index (Phi) is 5.87. The summed E-state index contributed by atoms with van der Waals surface area (Å²) < 4.78 is 5.85. The first-order valence-electron chi connectivity index (χ1n) is 7.53. The molecule has 1 saturated heterocycles. The van der Waals surface area contributed by atoms with Gasteiger partial charge in [0.15, 0.2) is 6.10 Å². The third-order valence-corrected chi connectivity index (χ3v) is 3.42. The topological polar surface area (TPSA) is 50.4 Å². The van der Waals surface area contributed by atoms with Crippen molar-refractivity contribution in [3.05, 3.63) is 29.8 Å². The molecule has 1 fully saturated rings. The molecule has 4 heteroatoms. The number of amides is 1. The summed E-state index contributed by atoms with van der Waals surface area (Å²) in [4.78, 5) is 11.9. The van der Waals surface area contributed by atoms with Gasteiger partial charge in [-0.2, -0.15) is 0 Å². The van der Waals surface area contributed by atoms with E-state index in [0.717, 1.165) is 51.1 Å². The lowest BCUT2D eigenvalue weighted by Gasteiger charge is -2.16. The minimum absolute atomic E-state index is 0.0111. The third kappa shape index (κ3) is 4.53. The SMILES string of the molecule is CCCNCc1cccc(OC2CCCCNC2=O)c1. The van der Waals surface area contributed by atoms with E-state index < -0.39 is 0 Å². The van der Waals surface area contributed by atoms with Gasteiger partial charge in [0, 0.05) is 13.1 Å². The van der Waals surface area contributed by atoms with Crippen molar-refractivity contribution >= 4 is 5.91 Å². The highest BCUT2D eigenvalue weighted by Gasteiger charge is 2.22. The van der Waals surface area contributed by atoms with Crippen LogP contribution in [-0.4, -0.2) is 25.1 Å². The molecule has 1 aliphatic heterocycles. The Hall–Kier alpha value is -1.55. The van der Waals surface area contributed by atoms with Crippen LogP contribution in [0.25, 0.3) is 0 Å². The van der Waals surface area contributed by atoms with Crippen LogP contribution in [0.15, 0.2) is 24.3 Å². The van der Waals surface area contributed by atoms with Gasteiger partial charge in [0.2, 0.25) is 0 Å². The average molecular weight is 276 g/mol. The summed E-state index contributed by atoms with van der Waals surface area (Å²) in [7, 11) is 0. The summed E-state index contributed by atoms with van der Waals surface area (Å²) in [5.41, 5.74) is 1.19. The molecule has 20 heavy (non-hydrogen) atoms. The van der Waals surface area contributed by atoms with Crippen molar-refractivity contribution in [3.8, 4) is 5.75 Å². The molecular formula is C16H24N2O2. The first-order valence-corrected chi connectivity index (χ1v) is 7.53. The fourth-order valence-electron chi connectivity index (χ4n) is 2.33. The van der Waals surface area contributed by atoms with E-state index in [-0.39, 0.29) is 12.0 Å². The van der Waals surface area contributed by atoms with E-state index in [2.05, 4.69) is 23.6 Å². The van der Waals surface area contributed by atoms with Crippen molar-refractivity contribution in [2.45, 2.75) is 45.3 Å². The summed E-state index contributed by atoms with van der Waals surface area (Å²) in [6.07, 6.45) is 3.63. The van der Waals surface area contributed by atoms with Gasteiger partial charge < -0.3 is 15.4 Å². The largest absolute Gasteiger partial charge is 0.481 e. The van der Waals surface area contributed by atoms with E-state index >= 15 is 0 Å². The van der Waals surface area contributed by atoms with Crippen LogP contribution >= 0.6 is 0 Å². The third-order valence-electron chi connectivity index (χ3n) is 3.42. The Bertz CT molecular complexity index is 434. The number of hydrogen-bond donors (Lipinski definition) is 2. The average Bonchev–Trinajstić information content (AvgIpc) is 2.65. The number of rotatable bonds is 6. The molecule has 2 N–H and O–H groups in total. The zero-order chi connectivity index (χ0) is 14.2. The summed E-state index contributed by atoms with van der Waals surface area (Å²) in [6, 6.07) is 7.98. The second-order valence-corrected chi connectivity index (χ2v) is 5.22. The van der Waals surface area contributed by atoms with E-state index in [1.165, 1.54) is 5.56 Å². The van der Waals surface area contributed by atoms with Crippen LogP contribution in [0.3, 0.4) is 0 Å². The maximum atomic E-state index is 11.9. The molecule has 0 bridgehead atoms. The fraction of sp³-hybridized carbons (Fsp3) is 0.562. The zero-order valence-corrected chi connectivity index (χ0v) is 12.2. The van der Waals surface area contributed by atoms with Crippen molar-refractivity contribution in [3.63, 3.8) is 0 Å². The number of benzene rings is 1. The first kappa shape index (κ1) is 14.9. The Morgan fingerprint density at radius 2 is 2.30 bits per heavy atom. The molecule has 4 nitrogen and oxygen atoms in total. The molecule has 1 aromatic rings. The predicted octanol–water partition coefficient (Wildman–Crippen LogP) is 2.23. The molecule has 110 valence electrons. The molecule has 1 aliphatic rings. The standard InChI is InChI=1S/C16H24N2O2/c1-2-9-17-12-13-6-5-7-14(11-13)20-15-8-3-4-10-18-16(15)19/h5-7,11,15,17H,2-4,8-10,12H2,1H3,(H,18,19). The van der Waals surface area contributed by atoms with Gasteiger partial charge in [-0.15, -0.1) is 0 Å². The van der Waals surface area contributed by atoms with Crippen LogP contribution < -0.4 is 15.4 Å². The zero-order valence-electron chi connectivity index (χ0n) is 12.2. The summed E-state index contributed by atoms with van der Waals surface area (Å²) in [5, 5.41) is 6.26. The molecule has 1 aromatic carbocycles. The van der Waals surface area contributed by atoms with Gasteiger partial charge >= 0.3 is 0 Å². The number of hydrogen-bond acceptors (Lipinski definition) is 3. The highest BCUT2D eigenvalue weighted by molar-refractivity contribution is 5.81. The minimum Gasteiger partial charge on any atom is -0.481 e. The molecular weight excluding hydrogens is 252 g/mol. The van der Waals surface area contributed by atoms with Crippen LogP contribution in [0.1, 0.15) is 38.2 Å². The van der Waals surface area contributed by atoms with Crippen LogP contribution in [0.5, 0.6) is 5.75 Å². The quantitative estimate of drug-likeness (QED) is 0.783. The van der Waals surface area contributed by atoms with Gasteiger partial charge in [0.1, 0.15) is 5.75 Å². The van der Waals surface area contributed by atoms with Crippen LogP contribution in [0.2, 0.25) is 0 Å². The minimum atomic E-state index is -0.351. The molecule has 0 spiro atoms. The highest BCUT2D eigenvalue weighted by Crippen LogP contribution is 2.18. The predicted molar refractivity (Wildman–Crippen MR) is 79.7 cm³/mol. The van der Waals surface area contributed by atoms with E-state index in [0.29, 0.717) is 0 Å². The number of carbonyl (C=O) groups excluding carboxylic acids is 1. The maximum Gasteiger partial charge on any atom is 0.261 e. The van der Waals surface area contributed by atoms with Gasteiger partial charge in [-0.05, 0) is 49.9 Å². The van der Waals surface area contributed by atoms with Gasteiger partial charge in [0.25, 0.3) is 5.91 Å². The molecule has 0 saturated carbocycles. The Labute approximate surface area is 120 Å². The maximum absolute atomic E-state index is 11.9. The van der Waals surface area contributed by atoms with Crippen molar-refractivity contribution in [1.82, 2.24) is 10.6 Å².